The molecule has 2 atom stereocenters. The van der Waals surface area contributed by atoms with Crippen molar-refractivity contribution in [3.8, 4) is 0 Å². The van der Waals surface area contributed by atoms with Gasteiger partial charge in [0, 0.05) is 47.4 Å². The summed E-state index contributed by atoms with van der Waals surface area (Å²) in [6, 6.07) is 7.44. The first-order valence-corrected chi connectivity index (χ1v) is 9.28. The van der Waals surface area contributed by atoms with Crippen LogP contribution in [0.1, 0.15) is 50.0 Å². The molecule has 4 heteroatoms. The van der Waals surface area contributed by atoms with E-state index in [1.54, 1.807) is 0 Å². The fourth-order valence-corrected chi connectivity index (χ4v) is 4.45. The quantitative estimate of drug-likeness (QED) is 0.860. The van der Waals surface area contributed by atoms with Crippen LogP contribution in [0.2, 0.25) is 5.02 Å². The summed E-state index contributed by atoms with van der Waals surface area (Å²) in [4.78, 5) is 3.41. The average Bonchev–Trinajstić information content (AvgIpc) is 2.99. The topological polar surface area (TPSA) is 37.0 Å². The standard InChI is InChI=1S/C19H25ClN2O/c20-14-4-5-19-17(11-14)18(12-21-19)13-2-1-3-16(10-13)22-15-6-8-23-9-7-15/h4-5,11-13,15-16,21-22H,1-3,6-10H2/t13-,16+/m1/s1. The first-order chi connectivity index (χ1) is 11.3. The van der Waals surface area contributed by atoms with Gasteiger partial charge in [0.05, 0.1) is 0 Å². The fourth-order valence-electron chi connectivity index (χ4n) is 4.27. The molecule has 1 aliphatic heterocycles. The minimum Gasteiger partial charge on any atom is -0.381 e. The first kappa shape index (κ1) is 15.5. The van der Waals surface area contributed by atoms with E-state index < -0.39 is 0 Å². The van der Waals surface area contributed by atoms with Crippen LogP contribution in [0.5, 0.6) is 0 Å². The largest absolute Gasteiger partial charge is 0.381 e. The average molecular weight is 333 g/mol. The van der Waals surface area contributed by atoms with Crippen LogP contribution in [0.3, 0.4) is 0 Å². The Bertz CT molecular complexity index is 662. The lowest BCUT2D eigenvalue weighted by atomic mass is 9.81. The number of ether oxygens (including phenoxy) is 1. The van der Waals surface area contributed by atoms with Crippen LogP contribution in [0.4, 0.5) is 0 Å². The third-order valence-corrected chi connectivity index (χ3v) is 5.72. The molecule has 0 spiro atoms. The molecular formula is C19H25ClN2O. The van der Waals surface area contributed by atoms with Crippen LogP contribution in [0.25, 0.3) is 10.9 Å². The molecule has 1 aromatic heterocycles. The highest BCUT2D eigenvalue weighted by Crippen LogP contribution is 2.37. The summed E-state index contributed by atoms with van der Waals surface area (Å²) < 4.78 is 5.47. The predicted octanol–water partition coefficient (Wildman–Crippen LogP) is 4.62. The maximum atomic E-state index is 6.21. The van der Waals surface area contributed by atoms with Crippen molar-refractivity contribution in [3.63, 3.8) is 0 Å². The molecule has 1 saturated carbocycles. The van der Waals surface area contributed by atoms with Crippen LogP contribution in [-0.4, -0.2) is 30.3 Å². The monoisotopic (exact) mass is 332 g/mol. The molecule has 2 N–H and O–H groups in total. The molecule has 0 bridgehead atoms. The van der Waals surface area contributed by atoms with Crippen LogP contribution in [0.15, 0.2) is 24.4 Å². The van der Waals surface area contributed by atoms with E-state index in [0.29, 0.717) is 18.0 Å². The number of benzene rings is 1. The molecule has 4 rings (SSSR count). The molecule has 2 fully saturated rings. The highest BCUT2D eigenvalue weighted by Gasteiger charge is 2.27. The molecule has 2 heterocycles. The minimum absolute atomic E-state index is 0.633. The second kappa shape index (κ2) is 6.84. The van der Waals surface area contributed by atoms with Crippen molar-refractivity contribution in [3.05, 3.63) is 35.0 Å². The number of halogens is 1. The van der Waals surface area contributed by atoms with E-state index in [1.165, 1.54) is 42.1 Å². The molecule has 1 aliphatic carbocycles. The molecule has 1 aromatic carbocycles. The zero-order valence-electron chi connectivity index (χ0n) is 13.5. The molecule has 0 amide bonds. The van der Waals surface area contributed by atoms with Crippen molar-refractivity contribution in [1.82, 2.24) is 10.3 Å². The van der Waals surface area contributed by atoms with Gasteiger partial charge in [-0.3, -0.25) is 0 Å². The van der Waals surface area contributed by atoms with Gasteiger partial charge < -0.3 is 15.0 Å². The number of fused-ring (bicyclic) bond motifs is 1. The van der Waals surface area contributed by atoms with Gasteiger partial charge in [-0.15, -0.1) is 0 Å². The first-order valence-electron chi connectivity index (χ1n) is 8.90. The van der Waals surface area contributed by atoms with Crippen LogP contribution in [0, 0.1) is 0 Å². The van der Waals surface area contributed by atoms with Crippen LogP contribution in [-0.2, 0) is 4.74 Å². The summed E-state index contributed by atoms with van der Waals surface area (Å²) >= 11 is 6.21. The summed E-state index contributed by atoms with van der Waals surface area (Å²) in [7, 11) is 0. The highest BCUT2D eigenvalue weighted by atomic mass is 35.5. The van der Waals surface area contributed by atoms with Crippen molar-refractivity contribution < 1.29 is 4.74 Å². The summed E-state index contributed by atoms with van der Waals surface area (Å²) in [5.74, 6) is 0.633. The Labute approximate surface area is 142 Å². The van der Waals surface area contributed by atoms with Crippen molar-refractivity contribution in [1.29, 1.82) is 0 Å². The van der Waals surface area contributed by atoms with Gasteiger partial charge in [-0.2, -0.15) is 0 Å². The molecule has 2 aliphatic rings. The maximum absolute atomic E-state index is 6.21. The molecule has 2 aromatic rings. The van der Waals surface area contributed by atoms with E-state index >= 15 is 0 Å². The van der Waals surface area contributed by atoms with E-state index in [2.05, 4.69) is 28.6 Å². The number of aromatic amines is 1. The Kier molecular flexibility index (Phi) is 4.61. The van der Waals surface area contributed by atoms with Gasteiger partial charge >= 0.3 is 0 Å². The third-order valence-electron chi connectivity index (χ3n) is 5.48. The van der Waals surface area contributed by atoms with Crippen molar-refractivity contribution in [2.75, 3.05) is 13.2 Å². The fraction of sp³-hybridized carbons (Fsp3) is 0.579. The van der Waals surface area contributed by atoms with Gasteiger partial charge in [0.1, 0.15) is 0 Å². The third kappa shape index (κ3) is 3.42. The van der Waals surface area contributed by atoms with Gasteiger partial charge in [-0.05, 0) is 61.8 Å². The SMILES string of the molecule is Clc1ccc2[nH]cc([C@@H]3CCC[C@H](NC4CCOCC4)C3)c2c1. The van der Waals surface area contributed by atoms with Crippen molar-refractivity contribution in [2.45, 2.75) is 56.5 Å². The zero-order chi connectivity index (χ0) is 15.6. The van der Waals surface area contributed by atoms with Crippen molar-refractivity contribution in [2.24, 2.45) is 0 Å². The van der Waals surface area contributed by atoms with E-state index in [-0.39, 0.29) is 0 Å². The van der Waals surface area contributed by atoms with E-state index in [4.69, 9.17) is 16.3 Å². The molecule has 124 valence electrons. The second-order valence-corrected chi connectivity index (χ2v) is 7.48. The van der Waals surface area contributed by atoms with Crippen LogP contribution >= 0.6 is 11.6 Å². The Hall–Kier alpha value is -1.03. The molecular weight excluding hydrogens is 308 g/mol. The number of nitrogens with one attached hydrogen (secondary N) is 2. The summed E-state index contributed by atoms with van der Waals surface area (Å²) in [5.41, 5.74) is 2.64. The number of aromatic nitrogens is 1. The number of rotatable bonds is 3. The van der Waals surface area contributed by atoms with E-state index in [9.17, 15) is 0 Å². The van der Waals surface area contributed by atoms with Gasteiger partial charge in [0.25, 0.3) is 0 Å². The molecule has 1 saturated heterocycles. The summed E-state index contributed by atoms with van der Waals surface area (Å²) in [6.07, 6.45) is 9.63. The van der Waals surface area contributed by atoms with Gasteiger partial charge in [-0.1, -0.05) is 18.0 Å². The number of hydrogen-bond acceptors (Lipinski definition) is 2. The molecule has 3 nitrogen and oxygen atoms in total. The molecule has 0 unspecified atom stereocenters. The highest BCUT2D eigenvalue weighted by molar-refractivity contribution is 6.31. The Morgan fingerprint density at radius 2 is 1.96 bits per heavy atom. The molecule has 23 heavy (non-hydrogen) atoms. The lowest BCUT2D eigenvalue weighted by Gasteiger charge is -2.34. The second-order valence-electron chi connectivity index (χ2n) is 7.05. The van der Waals surface area contributed by atoms with Gasteiger partial charge in [0.2, 0.25) is 0 Å². The van der Waals surface area contributed by atoms with Gasteiger partial charge in [0.15, 0.2) is 0 Å². The number of H-pyrrole nitrogens is 1. The summed E-state index contributed by atoms with van der Waals surface area (Å²) in [5, 5.41) is 6.02. The zero-order valence-corrected chi connectivity index (χ0v) is 14.2. The van der Waals surface area contributed by atoms with Crippen LogP contribution < -0.4 is 5.32 Å². The normalized spacial score (nSPS) is 26.7. The lowest BCUT2D eigenvalue weighted by molar-refractivity contribution is 0.0728. The lowest BCUT2D eigenvalue weighted by Crippen LogP contribution is -2.43. The molecule has 0 radical (unpaired) electrons. The van der Waals surface area contributed by atoms with Crippen molar-refractivity contribution >= 4 is 22.5 Å². The van der Waals surface area contributed by atoms with E-state index in [1.807, 2.05) is 6.07 Å². The number of hydrogen-bond donors (Lipinski definition) is 2. The Morgan fingerprint density at radius 3 is 2.83 bits per heavy atom. The van der Waals surface area contributed by atoms with E-state index in [0.717, 1.165) is 31.1 Å². The summed E-state index contributed by atoms with van der Waals surface area (Å²) in [6.45, 7) is 1.82. The Balaban J connectivity index is 1.48. The predicted molar refractivity (Wildman–Crippen MR) is 95.3 cm³/mol. The smallest absolute Gasteiger partial charge is 0.0480 e. The minimum atomic E-state index is 0.633. The van der Waals surface area contributed by atoms with Gasteiger partial charge in [-0.25, -0.2) is 0 Å². The maximum Gasteiger partial charge on any atom is 0.0480 e. The Morgan fingerprint density at radius 1 is 1.09 bits per heavy atom.